The number of hydrogen-bond donors (Lipinski definition) is 1. The van der Waals surface area contributed by atoms with E-state index in [0.717, 1.165) is 60.7 Å². The van der Waals surface area contributed by atoms with Crippen LogP contribution in [0.5, 0.6) is 0 Å². The Morgan fingerprint density at radius 3 is 1.96 bits per heavy atom. The molecule has 0 radical (unpaired) electrons. The molecule has 3 aliphatic rings. The number of hydrogen-bond acceptors (Lipinski definition) is 9. The lowest BCUT2D eigenvalue weighted by atomic mass is 9.99. The van der Waals surface area contributed by atoms with Gasteiger partial charge in [-0.1, -0.05) is 60.7 Å². The number of rotatable bonds is 9. The number of aliphatic hydroxyl groups excluding tert-OH is 1. The van der Waals surface area contributed by atoms with Gasteiger partial charge in [-0.15, -0.1) is 0 Å². The third-order valence-corrected chi connectivity index (χ3v) is 9.35. The van der Waals surface area contributed by atoms with E-state index in [4.69, 9.17) is 9.47 Å². The number of fused-ring (bicyclic) bond motifs is 1. The molecule has 11 heteroatoms. The fourth-order valence-corrected chi connectivity index (χ4v) is 6.64. The van der Waals surface area contributed by atoms with Crippen LogP contribution in [0.2, 0.25) is 0 Å². The lowest BCUT2D eigenvalue weighted by Gasteiger charge is -2.41. The lowest BCUT2D eigenvalue weighted by molar-refractivity contribution is -0.384. The van der Waals surface area contributed by atoms with Gasteiger partial charge in [0.05, 0.1) is 41.4 Å². The molecule has 4 aromatic carbocycles. The molecule has 2 saturated heterocycles. The normalized spacial score (nSPS) is 21.4. The number of nitro benzene ring substituents is 1. The van der Waals surface area contributed by atoms with Crippen LogP contribution in [0.3, 0.4) is 0 Å². The van der Waals surface area contributed by atoms with Gasteiger partial charge in [-0.3, -0.25) is 29.5 Å². The summed E-state index contributed by atoms with van der Waals surface area (Å²) in [5, 5.41) is 20.6. The van der Waals surface area contributed by atoms with E-state index in [-0.39, 0.29) is 47.8 Å². The van der Waals surface area contributed by atoms with E-state index in [2.05, 4.69) is 9.80 Å². The van der Waals surface area contributed by atoms with Gasteiger partial charge in [0.25, 0.3) is 17.5 Å². The van der Waals surface area contributed by atoms with Crippen LogP contribution in [0.1, 0.15) is 61.8 Å². The molecule has 0 spiro atoms. The molecule has 7 rings (SSSR count). The third-order valence-electron chi connectivity index (χ3n) is 9.35. The maximum absolute atomic E-state index is 12.9. The zero-order valence-electron chi connectivity index (χ0n) is 26.3. The van der Waals surface area contributed by atoms with E-state index in [0.29, 0.717) is 17.5 Å². The molecule has 3 aliphatic heterocycles. The van der Waals surface area contributed by atoms with Gasteiger partial charge < -0.3 is 19.5 Å². The van der Waals surface area contributed by atoms with Crippen LogP contribution in [-0.2, 0) is 22.6 Å². The van der Waals surface area contributed by atoms with E-state index in [1.54, 1.807) is 48.5 Å². The number of carbonyl (C=O) groups excluding carboxylic acids is 2. The number of ether oxygens (including phenoxy) is 2. The minimum Gasteiger partial charge on any atom is -0.392 e. The Morgan fingerprint density at radius 1 is 0.750 bits per heavy atom. The van der Waals surface area contributed by atoms with Crippen molar-refractivity contribution in [3.8, 4) is 0 Å². The number of amides is 2. The molecule has 4 aromatic rings. The number of nitrogens with zero attached hydrogens (tertiary/aromatic N) is 4. The molecule has 48 heavy (non-hydrogen) atoms. The molecular weight excluding hydrogens is 612 g/mol. The van der Waals surface area contributed by atoms with Crippen molar-refractivity contribution in [1.29, 1.82) is 0 Å². The molecule has 3 unspecified atom stereocenters. The van der Waals surface area contributed by atoms with Gasteiger partial charge in [0.2, 0.25) is 0 Å². The summed E-state index contributed by atoms with van der Waals surface area (Å²) in [5.41, 5.74) is 5.42. The summed E-state index contributed by atoms with van der Waals surface area (Å²) < 4.78 is 13.1. The molecular formula is C37H36N4O7. The maximum Gasteiger partial charge on any atom is 0.269 e. The highest BCUT2D eigenvalue weighted by atomic mass is 16.7. The van der Waals surface area contributed by atoms with Crippen molar-refractivity contribution in [3.63, 3.8) is 0 Å². The van der Waals surface area contributed by atoms with Crippen molar-refractivity contribution >= 4 is 23.2 Å². The van der Waals surface area contributed by atoms with Gasteiger partial charge in [-0.05, 0) is 41.0 Å². The Morgan fingerprint density at radius 2 is 1.35 bits per heavy atom. The van der Waals surface area contributed by atoms with E-state index in [9.17, 15) is 24.8 Å². The summed E-state index contributed by atoms with van der Waals surface area (Å²) in [6.45, 7) is 4.11. The first-order chi connectivity index (χ1) is 23.4. The Balaban J connectivity index is 1.03. The van der Waals surface area contributed by atoms with Crippen LogP contribution in [0.25, 0.3) is 0 Å². The standard InChI is InChI=1S/C37H36N4O7/c42-24-26-7-9-27(10-8-26)34-21-31(23-38-17-19-39(20-18-38)29-13-15-30(16-14-29)41(45)46)47-37(48-34)28-11-5-25(6-12-28)22-40-35(43)32-3-1-2-4-33(32)36(40)44/h1-16,31,34,37,42H,17-24H2. The molecule has 0 bridgehead atoms. The first-order valence-electron chi connectivity index (χ1n) is 16.1. The summed E-state index contributed by atoms with van der Waals surface area (Å²) in [6, 6.07) is 29.0. The van der Waals surface area contributed by atoms with Crippen molar-refractivity contribution in [2.75, 3.05) is 37.6 Å². The van der Waals surface area contributed by atoms with Gasteiger partial charge in [-0.25, -0.2) is 0 Å². The van der Waals surface area contributed by atoms with Crippen LogP contribution in [-0.4, -0.2) is 70.5 Å². The zero-order valence-corrected chi connectivity index (χ0v) is 26.3. The summed E-state index contributed by atoms with van der Waals surface area (Å²) in [4.78, 5) is 42.3. The van der Waals surface area contributed by atoms with Crippen LogP contribution >= 0.6 is 0 Å². The number of nitro groups is 1. The smallest absolute Gasteiger partial charge is 0.269 e. The fraction of sp³-hybridized carbons (Fsp3) is 0.297. The summed E-state index contributed by atoms with van der Waals surface area (Å²) in [7, 11) is 0. The number of carbonyl (C=O) groups is 2. The maximum atomic E-state index is 12.9. The topological polar surface area (TPSA) is 126 Å². The van der Waals surface area contributed by atoms with Crippen molar-refractivity contribution in [2.24, 2.45) is 0 Å². The molecule has 11 nitrogen and oxygen atoms in total. The van der Waals surface area contributed by atoms with Gasteiger partial charge in [0.15, 0.2) is 6.29 Å². The molecule has 0 aromatic heterocycles. The average Bonchev–Trinajstić information content (AvgIpc) is 3.37. The Labute approximate surface area is 278 Å². The second-order valence-electron chi connectivity index (χ2n) is 12.4. The molecule has 0 saturated carbocycles. The largest absolute Gasteiger partial charge is 0.392 e. The van der Waals surface area contributed by atoms with Crippen molar-refractivity contribution in [2.45, 2.75) is 38.1 Å². The predicted molar refractivity (Wildman–Crippen MR) is 177 cm³/mol. The SMILES string of the molecule is O=C1c2ccccc2C(=O)N1Cc1ccc(C2OC(CN3CCN(c4ccc([N+](=O)[O-])cc4)CC3)CC(c3ccc(CO)cc3)O2)cc1. The van der Waals surface area contributed by atoms with E-state index in [1.165, 1.54) is 4.90 Å². The number of aliphatic hydroxyl groups is 1. The van der Waals surface area contributed by atoms with E-state index in [1.807, 2.05) is 48.5 Å². The highest BCUT2D eigenvalue weighted by Crippen LogP contribution is 2.38. The monoisotopic (exact) mass is 648 g/mol. The van der Waals surface area contributed by atoms with Gasteiger partial charge in [-0.2, -0.15) is 0 Å². The summed E-state index contributed by atoms with van der Waals surface area (Å²) in [6.07, 6.45) is -0.299. The second-order valence-corrected chi connectivity index (χ2v) is 12.4. The number of anilines is 1. The Hall–Kier alpha value is -4.94. The quantitative estimate of drug-likeness (QED) is 0.147. The van der Waals surface area contributed by atoms with E-state index >= 15 is 0 Å². The molecule has 2 amide bonds. The highest BCUT2D eigenvalue weighted by molar-refractivity contribution is 6.21. The minimum atomic E-state index is -0.624. The third kappa shape index (κ3) is 6.58. The number of imide groups is 1. The second kappa shape index (κ2) is 13.7. The van der Waals surface area contributed by atoms with Gasteiger partial charge >= 0.3 is 0 Å². The van der Waals surface area contributed by atoms with Crippen LogP contribution in [0.15, 0.2) is 97.1 Å². The summed E-state index contributed by atoms with van der Waals surface area (Å²) in [5.74, 6) is -0.574. The van der Waals surface area contributed by atoms with E-state index < -0.39 is 6.29 Å². The highest BCUT2D eigenvalue weighted by Gasteiger charge is 2.36. The molecule has 246 valence electrons. The lowest BCUT2D eigenvalue weighted by Crippen LogP contribution is -2.49. The molecule has 2 fully saturated rings. The average molecular weight is 649 g/mol. The van der Waals surface area contributed by atoms with Crippen LogP contribution in [0, 0.1) is 10.1 Å². The van der Waals surface area contributed by atoms with Gasteiger partial charge in [0, 0.05) is 62.5 Å². The molecule has 0 aliphatic carbocycles. The molecule has 3 heterocycles. The van der Waals surface area contributed by atoms with Crippen molar-refractivity contribution in [1.82, 2.24) is 9.80 Å². The first-order valence-corrected chi connectivity index (χ1v) is 16.1. The van der Waals surface area contributed by atoms with Crippen LogP contribution < -0.4 is 4.90 Å². The zero-order chi connectivity index (χ0) is 33.2. The van der Waals surface area contributed by atoms with Crippen LogP contribution in [0.4, 0.5) is 11.4 Å². The van der Waals surface area contributed by atoms with Crippen molar-refractivity contribution in [3.05, 3.63) is 141 Å². The number of non-ortho nitro benzene ring substituents is 1. The minimum absolute atomic E-state index is 0.0287. The molecule has 1 N–H and O–H groups in total. The number of piperazine rings is 1. The number of benzene rings is 4. The predicted octanol–water partition coefficient (Wildman–Crippen LogP) is 5.25. The fourth-order valence-electron chi connectivity index (χ4n) is 6.64. The Bertz CT molecular complexity index is 1750. The van der Waals surface area contributed by atoms with Crippen molar-refractivity contribution < 1.29 is 29.1 Å². The Kier molecular flexibility index (Phi) is 9.00. The van der Waals surface area contributed by atoms with Gasteiger partial charge in [0.1, 0.15) is 0 Å². The first kappa shape index (κ1) is 31.6. The summed E-state index contributed by atoms with van der Waals surface area (Å²) >= 11 is 0. The molecule has 3 atom stereocenters.